The molecule has 0 heterocycles. The van der Waals surface area contributed by atoms with Gasteiger partial charge in [0.25, 0.3) is 0 Å². The van der Waals surface area contributed by atoms with E-state index >= 15 is 0 Å². The van der Waals surface area contributed by atoms with Crippen LogP contribution in [0, 0.1) is 0 Å². The third-order valence-corrected chi connectivity index (χ3v) is 12.0. The zero-order valence-electron chi connectivity index (χ0n) is 38.2. The average Bonchev–Trinajstić information content (AvgIpc) is 3.53. The summed E-state index contributed by atoms with van der Waals surface area (Å²) in [6.45, 7) is 31.3. The summed E-state index contributed by atoms with van der Waals surface area (Å²) < 4.78 is 0. The second-order valence-corrected chi connectivity index (χ2v) is 23.0. The molecule has 0 spiro atoms. The van der Waals surface area contributed by atoms with Gasteiger partial charge in [-0.25, -0.2) is 9.98 Å². The summed E-state index contributed by atoms with van der Waals surface area (Å²) in [5.41, 5.74) is 20.2. The molecule has 0 fully saturated rings. The molecule has 2 nitrogen and oxygen atoms in total. The number of halogens is 2. The molecule has 0 unspecified atom stereocenters. The Hall–Kier alpha value is -4.15. The van der Waals surface area contributed by atoms with Gasteiger partial charge in [0.05, 0.1) is 22.8 Å². The van der Waals surface area contributed by atoms with Crippen LogP contribution in [0.3, 0.4) is 0 Å². The van der Waals surface area contributed by atoms with Gasteiger partial charge in [-0.05, 0) is 121 Å². The van der Waals surface area contributed by atoms with Crippen molar-refractivity contribution in [2.75, 3.05) is 0 Å². The summed E-state index contributed by atoms with van der Waals surface area (Å²) in [7, 11) is 1.25. The van der Waals surface area contributed by atoms with Crippen molar-refractivity contribution in [1.82, 2.24) is 0 Å². The molecular weight excluding hydrogens is 931 g/mol. The summed E-state index contributed by atoms with van der Waals surface area (Å²) in [4.78, 5) is 12.0. The summed E-state index contributed by atoms with van der Waals surface area (Å²) >= 11 is 6.00. The predicted molar refractivity (Wildman–Crippen MR) is 276 cm³/mol. The van der Waals surface area contributed by atoms with Gasteiger partial charge in [0.2, 0.25) is 0 Å². The zero-order valence-corrected chi connectivity index (χ0v) is 42.3. The van der Waals surface area contributed by atoms with Crippen LogP contribution in [-0.2, 0) is 23.7 Å². The normalized spacial score (nSPS) is 13.7. The first-order valence-electron chi connectivity index (χ1n) is 22.1. The topological polar surface area (TPSA) is 24.7 Å². The fraction of sp³-hybridized carbons (Fsp3) is 0.298. The molecule has 6 aromatic rings. The van der Waals surface area contributed by atoms with E-state index < -0.39 is 0 Å². The average molecular weight is 994 g/mol. The fourth-order valence-corrected chi connectivity index (χ4v) is 9.10. The first-order chi connectivity index (χ1) is 29.8. The molecule has 0 aromatic heterocycles. The molecule has 0 saturated heterocycles. The van der Waals surface area contributed by atoms with Crippen LogP contribution < -0.4 is 0 Å². The van der Waals surface area contributed by atoms with Gasteiger partial charge in [-0.1, -0.05) is 172 Å². The van der Waals surface area contributed by atoms with Crippen molar-refractivity contribution in [2.24, 2.45) is 9.98 Å². The SMILES string of the molecule is C=CCc1cc(C(C)C)c(N=C2C(=Nc3c(C(C)C)cc(CC=C)c(-c4ccccc4)c3C(C)C)c3ccc(C(C)C)c4cc(-c5ccccc5)cc2c34)c(C(C)C)c1.[Br][Ni][Br]. The van der Waals surface area contributed by atoms with Crippen LogP contribution in [-0.4, -0.2) is 11.4 Å². The minimum atomic E-state index is 0.210. The van der Waals surface area contributed by atoms with Gasteiger partial charge >= 0.3 is 39.3 Å². The molecular formula is C57H62Br2N2Ni. The van der Waals surface area contributed by atoms with Crippen molar-refractivity contribution in [2.45, 2.75) is 112 Å². The van der Waals surface area contributed by atoms with Crippen molar-refractivity contribution >= 4 is 62.0 Å². The molecule has 7 rings (SSSR count). The van der Waals surface area contributed by atoms with E-state index in [0.29, 0.717) is 5.92 Å². The van der Waals surface area contributed by atoms with Crippen LogP contribution in [0.15, 0.2) is 138 Å². The van der Waals surface area contributed by atoms with Crippen LogP contribution in [0.25, 0.3) is 33.0 Å². The molecule has 6 aromatic carbocycles. The second-order valence-electron chi connectivity index (χ2n) is 18.0. The maximum atomic E-state index is 6.03. The van der Waals surface area contributed by atoms with Gasteiger partial charge in [0.1, 0.15) is 0 Å². The molecule has 0 saturated carbocycles. The molecule has 0 atom stereocenters. The zero-order chi connectivity index (χ0) is 44.8. The first-order valence-corrected chi connectivity index (χ1v) is 26.9. The van der Waals surface area contributed by atoms with Crippen LogP contribution in [0.1, 0.15) is 149 Å². The van der Waals surface area contributed by atoms with E-state index in [1.807, 2.05) is 12.2 Å². The van der Waals surface area contributed by atoms with Crippen molar-refractivity contribution in [3.8, 4) is 22.3 Å². The van der Waals surface area contributed by atoms with E-state index in [1.165, 1.54) is 82.9 Å². The number of benzene rings is 6. The van der Waals surface area contributed by atoms with Crippen molar-refractivity contribution in [3.63, 3.8) is 0 Å². The molecule has 0 amide bonds. The number of hydrogen-bond donors (Lipinski definition) is 0. The van der Waals surface area contributed by atoms with Gasteiger partial charge in [-0.3, -0.25) is 0 Å². The Kier molecular flexibility index (Phi) is 16.0. The van der Waals surface area contributed by atoms with E-state index in [2.05, 4.69) is 214 Å². The van der Waals surface area contributed by atoms with Crippen molar-refractivity contribution in [1.29, 1.82) is 0 Å². The van der Waals surface area contributed by atoms with E-state index in [1.54, 1.807) is 0 Å². The number of aliphatic imine (C=N–C) groups is 2. The molecule has 5 heteroatoms. The summed E-state index contributed by atoms with van der Waals surface area (Å²) in [5.74, 6) is 1.34. The van der Waals surface area contributed by atoms with Gasteiger partial charge in [0.15, 0.2) is 0 Å². The Morgan fingerprint density at radius 3 is 1.53 bits per heavy atom. The fourth-order valence-electron chi connectivity index (χ4n) is 9.10. The quantitative estimate of drug-likeness (QED) is 0.0814. The van der Waals surface area contributed by atoms with Crippen LogP contribution in [0.5, 0.6) is 0 Å². The number of hydrogen-bond acceptors (Lipinski definition) is 2. The molecule has 0 bridgehead atoms. The second kappa shape index (κ2) is 21.0. The number of rotatable bonds is 13. The monoisotopic (exact) mass is 990 g/mol. The van der Waals surface area contributed by atoms with Crippen LogP contribution in [0.2, 0.25) is 0 Å². The Morgan fingerprint density at radius 1 is 0.516 bits per heavy atom. The van der Waals surface area contributed by atoms with Crippen LogP contribution in [0.4, 0.5) is 11.4 Å². The summed E-state index contributed by atoms with van der Waals surface area (Å²) in [5, 5.41) is 2.53. The molecule has 324 valence electrons. The van der Waals surface area contributed by atoms with Gasteiger partial charge < -0.3 is 0 Å². The Balaban J connectivity index is 0.00000208. The minimum absolute atomic E-state index is 0.210. The van der Waals surface area contributed by atoms with Gasteiger partial charge in [-0.2, -0.15) is 0 Å². The molecule has 0 N–H and O–H groups in total. The molecule has 1 aliphatic carbocycles. The maximum absolute atomic E-state index is 6.03. The van der Waals surface area contributed by atoms with Gasteiger partial charge in [-0.15, -0.1) is 13.2 Å². The van der Waals surface area contributed by atoms with Crippen LogP contribution >= 0.6 is 28.5 Å². The summed E-state index contributed by atoms with van der Waals surface area (Å²) in [6, 6.07) is 38.3. The standard InChI is InChI=1S/C57H62N2.2BrH.Ni/c1-13-21-39-29-46(35(5)6)54(47(30-39)36(7)8)58-57-50-33-43(40-23-17-15-18-24-40)32-49-44(34(3)4)27-28-45(53(49)50)56(57)59-55-48(37(9)10)31-42(22-14-2)52(51(55)38(11)12)41-25-19-16-20-26-41;;;/h13-20,23-38H,1-2,21-22H2,3-12H3;2*1H;/q;;;+2/p-2. The van der Waals surface area contributed by atoms with E-state index in [0.717, 1.165) is 46.8 Å². The predicted octanol–water partition coefficient (Wildman–Crippen LogP) is 18.2. The Bertz CT molecular complexity index is 2600. The van der Waals surface area contributed by atoms with E-state index in [9.17, 15) is 0 Å². The third-order valence-electron chi connectivity index (χ3n) is 12.0. The van der Waals surface area contributed by atoms with Crippen molar-refractivity contribution in [3.05, 3.63) is 179 Å². The number of nitrogens with zero attached hydrogens (tertiary/aromatic N) is 2. The van der Waals surface area contributed by atoms with E-state index in [4.69, 9.17) is 9.98 Å². The Labute approximate surface area is 392 Å². The van der Waals surface area contributed by atoms with Crippen molar-refractivity contribution < 1.29 is 10.9 Å². The molecule has 1 aliphatic rings. The third kappa shape index (κ3) is 9.81. The molecule has 0 radical (unpaired) electrons. The molecule has 62 heavy (non-hydrogen) atoms. The molecule has 0 aliphatic heterocycles. The summed E-state index contributed by atoms with van der Waals surface area (Å²) in [6.07, 6.45) is 5.66. The number of allylic oxidation sites excluding steroid dienone is 2. The van der Waals surface area contributed by atoms with E-state index in [-0.39, 0.29) is 23.7 Å². The van der Waals surface area contributed by atoms with Gasteiger partial charge in [0, 0.05) is 16.5 Å². The Morgan fingerprint density at radius 2 is 1.02 bits per heavy atom. The first kappa shape index (κ1) is 47.3.